The lowest BCUT2D eigenvalue weighted by molar-refractivity contribution is 0.0204. The lowest BCUT2D eigenvalue weighted by Gasteiger charge is -2.32. The Labute approximate surface area is 126 Å². The first kappa shape index (κ1) is 15.7. The van der Waals surface area contributed by atoms with Crippen LogP contribution in [0.25, 0.3) is 0 Å². The fraction of sp³-hybridized carbons (Fsp3) is 0.692. The fourth-order valence-electron chi connectivity index (χ4n) is 2.12. The van der Waals surface area contributed by atoms with Crippen molar-refractivity contribution in [3.05, 3.63) is 10.0 Å². The van der Waals surface area contributed by atoms with Crippen molar-refractivity contribution >= 4 is 23.4 Å². The van der Waals surface area contributed by atoms with Crippen LogP contribution in [0.3, 0.4) is 0 Å². The number of nitrogens with zero attached hydrogens (tertiary/aromatic N) is 3. The van der Waals surface area contributed by atoms with Gasteiger partial charge in [0.05, 0.1) is 0 Å². The predicted octanol–water partition coefficient (Wildman–Crippen LogP) is 2.35. The van der Waals surface area contributed by atoms with E-state index in [1.54, 1.807) is 4.90 Å². The van der Waals surface area contributed by atoms with Gasteiger partial charge in [-0.15, -0.1) is 10.2 Å². The maximum Gasteiger partial charge on any atom is 0.410 e. The third-order valence-electron chi connectivity index (χ3n) is 3.12. The van der Waals surface area contributed by atoms with Gasteiger partial charge in [0.25, 0.3) is 0 Å². The van der Waals surface area contributed by atoms with Gasteiger partial charge in [-0.05, 0) is 33.6 Å². The Morgan fingerprint density at radius 3 is 2.38 bits per heavy atom. The topological polar surface area (TPSA) is 92.6 Å². The molecule has 21 heavy (non-hydrogen) atoms. The van der Waals surface area contributed by atoms with Crippen molar-refractivity contribution in [2.45, 2.75) is 45.1 Å². The molecule has 0 bridgehead atoms. The van der Waals surface area contributed by atoms with E-state index in [4.69, 9.17) is 9.84 Å². The Bertz CT molecular complexity index is 530. The smallest absolute Gasteiger partial charge is 0.410 e. The van der Waals surface area contributed by atoms with Crippen LogP contribution >= 0.6 is 11.3 Å². The number of hydrogen-bond donors (Lipinski definition) is 1. The Morgan fingerprint density at radius 1 is 1.29 bits per heavy atom. The fourth-order valence-corrected chi connectivity index (χ4v) is 2.97. The van der Waals surface area contributed by atoms with Crippen molar-refractivity contribution in [2.24, 2.45) is 0 Å². The Kier molecular flexibility index (Phi) is 4.46. The van der Waals surface area contributed by atoms with Gasteiger partial charge < -0.3 is 14.7 Å². The quantitative estimate of drug-likeness (QED) is 0.901. The summed E-state index contributed by atoms with van der Waals surface area (Å²) in [5, 5.41) is 17.2. The van der Waals surface area contributed by atoms with Crippen molar-refractivity contribution in [2.75, 3.05) is 13.1 Å². The molecule has 8 heteroatoms. The number of carbonyl (C=O) groups excluding carboxylic acids is 1. The molecule has 0 unspecified atom stereocenters. The lowest BCUT2D eigenvalue weighted by Crippen LogP contribution is -2.41. The molecule has 0 spiro atoms. The summed E-state index contributed by atoms with van der Waals surface area (Å²) in [5.74, 6) is -0.890. The van der Waals surface area contributed by atoms with Crippen LogP contribution in [-0.4, -0.2) is 51.0 Å². The zero-order valence-corrected chi connectivity index (χ0v) is 13.1. The van der Waals surface area contributed by atoms with Crippen molar-refractivity contribution < 1.29 is 19.4 Å². The van der Waals surface area contributed by atoms with Gasteiger partial charge in [0.2, 0.25) is 5.01 Å². The number of likely N-dealkylation sites (tertiary alicyclic amines) is 1. The van der Waals surface area contributed by atoms with Crippen LogP contribution in [-0.2, 0) is 4.74 Å². The molecule has 0 aromatic carbocycles. The summed E-state index contributed by atoms with van der Waals surface area (Å²) in [6.45, 7) is 6.69. The third-order valence-corrected chi connectivity index (χ3v) is 4.19. The van der Waals surface area contributed by atoms with Crippen molar-refractivity contribution in [3.8, 4) is 0 Å². The highest BCUT2D eigenvalue weighted by atomic mass is 32.1. The third kappa shape index (κ3) is 4.13. The lowest BCUT2D eigenvalue weighted by atomic mass is 9.98. The van der Waals surface area contributed by atoms with E-state index in [-0.39, 0.29) is 17.0 Å². The number of amides is 1. The van der Waals surface area contributed by atoms with Crippen LogP contribution < -0.4 is 0 Å². The van der Waals surface area contributed by atoms with Gasteiger partial charge in [0, 0.05) is 19.0 Å². The molecule has 1 aliphatic heterocycles. The SMILES string of the molecule is CC(C)(C)OC(=O)N1CCC(c2nnc(C(=O)O)s2)CC1. The Hall–Kier alpha value is -1.70. The number of carboxylic acid groups (broad SMARTS) is 1. The van der Waals surface area contributed by atoms with Crippen LogP contribution in [0.5, 0.6) is 0 Å². The number of piperidine rings is 1. The van der Waals surface area contributed by atoms with Crippen molar-refractivity contribution in [1.29, 1.82) is 0 Å². The first-order chi connectivity index (χ1) is 9.76. The number of aromatic nitrogens is 2. The van der Waals surface area contributed by atoms with Crippen LogP contribution in [0.2, 0.25) is 0 Å². The number of ether oxygens (including phenoxy) is 1. The summed E-state index contributed by atoms with van der Waals surface area (Å²) in [6.07, 6.45) is 1.19. The summed E-state index contributed by atoms with van der Waals surface area (Å²) in [5.41, 5.74) is -0.496. The van der Waals surface area contributed by atoms with E-state index in [9.17, 15) is 9.59 Å². The molecule has 0 atom stereocenters. The number of rotatable bonds is 2. The molecule has 0 radical (unpaired) electrons. The first-order valence-electron chi connectivity index (χ1n) is 6.81. The maximum absolute atomic E-state index is 12.0. The average Bonchev–Trinajstić information content (AvgIpc) is 2.86. The number of carbonyl (C=O) groups is 2. The molecular formula is C13H19N3O4S. The number of hydrogen-bond acceptors (Lipinski definition) is 6. The first-order valence-corrected chi connectivity index (χ1v) is 7.62. The zero-order chi connectivity index (χ0) is 15.6. The van der Waals surface area contributed by atoms with Crippen LogP contribution in [0.1, 0.15) is 54.3 Å². The summed E-state index contributed by atoms with van der Waals surface area (Å²) >= 11 is 1.11. The highest BCUT2D eigenvalue weighted by Gasteiger charge is 2.29. The standard InChI is InChI=1S/C13H19N3O4S/c1-13(2,3)20-12(19)16-6-4-8(5-7-16)9-14-15-10(21-9)11(17)18/h8H,4-7H2,1-3H3,(H,17,18). The van der Waals surface area contributed by atoms with Crippen LogP contribution in [0.4, 0.5) is 4.79 Å². The Balaban J connectivity index is 1.90. The molecule has 1 fully saturated rings. The Morgan fingerprint density at radius 2 is 1.90 bits per heavy atom. The van der Waals surface area contributed by atoms with Crippen LogP contribution in [0, 0.1) is 0 Å². The average molecular weight is 313 g/mol. The summed E-state index contributed by atoms with van der Waals surface area (Å²) in [4.78, 5) is 24.4. The van der Waals surface area contributed by atoms with E-state index in [0.29, 0.717) is 13.1 Å². The second-order valence-corrected chi connectivity index (χ2v) is 7.00. The van der Waals surface area contributed by atoms with Gasteiger partial charge in [0.1, 0.15) is 10.6 Å². The second kappa shape index (κ2) is 5.97. The number of carboxylic acids is 1. The molecule has 1 aromatic heterocycles. The molecule has 116 valence electrons. The van der Waals surface area contributed by atoms with E-state index in [1.807, 2.05) is 20.8 Å². The molecule has 2 rings (SSSR count). The maximum atomic E-state index is 12.0. The van der Waals surface area contributed by atoms with E-state index in [1.165, 1.54) is 0 Å². The molecule has 1 aliphatic rings. The molecular weight excluding hydrogens is 294 g/mol. The van der Waals surface area contributed by atoms with Crippen LogP contribution in [0.15, 0.2) is 0 Å². The molecule has 7 nitrogen and oxygen atoms in total. The summed E-state index contributed by atoms with van der Waals surface area (Å²) < 4.78 is 5.34. The normalized spacial score (nSPS) is 16.8. The van der Waals surface area contributed by atoms with E-state index in [2.05, 4.69) is 10.2 Å². The van der Waals surface area contributed by atoms with Crippen molar-refractivity contribution in [1.82, 2.24) is 15.1 Å². The minimum atomic E-state index is -1.05. The molecule has 0 saturated carbocycles. The van der Waals surface area contributed by atoms with Gasteiger partial charge in [0.15, 0.2) is 0 Å². The summed E-state index contributed by atoms with van der Waals surface area (Å²) in [6, 6.07) is 0. The highest BCUT2D eigenvalue weighted by Crippen LogP contribution is 2.30. The van der Waals surface area contributed by atoms with Gasteiger partial charge in [-0.25, -0.2) is 9.59 Å². The molecule has 0 aliphatic carbocycles. The monoisotopic (exact) mass is 313 g/mol. The van der Waals surface area contributed by atoms with E-state index < -0.39 is 11.6 Å². The largest absolute Gasteiger partial charge is 0.476 e. The van der Waals surface area contributed by atoms with Gasteiger partial charge in [-0.3, -0.25) is 0 Å². The van der Waals surface area contributed by atoms with E-state index in [0.717, 1.165) is 29.2 Å². The highest BCUT2D eigenvalue weighted by molar-refractivity contribution is 7.13. The summed E-state index contributed by atoms with van der Waals surface area (Å²) in [7, 11) is 0. The molecule has 1 aromatic rings. The van der Waals surface area contributed by atoms with E-state index >= 15 is 0 Å². The molecule has 2 heterocycles. The second-order valence-electron chi connectivity index (χ2n) is 5.99. The van der Waals surface area contributed by atoms with Gasteiger partial charge in [-0.2, -0.15) is 0 Å². The van der Waals surface area contributed by atoms with Gasteiger partial charge >= 0.3 is 12.1 Å². The molecule has 1 saturated heterocycles. The van der Waals surface area contributed by atoms with Crippen molar-refractivity contribution in [3.63, 3.8) is 0 Å². The minimum absolute atomic E-state index is 0.0135. The van der Waals surface area contributed by atoms with Gasteiger partial charge in [-0.1, -0.05) is 11.3 Å². The number of aromatic carboxylic acids is 1. The molecule has 1 N–H and O–H groups in total. The minimum Gasteiger partial charge on any atom is -0.476 e. The predicted molar refractivity (Wildman–Crippen MR) is 76.7 cm³/mol. The molecule has 1 amide bonds. The zero-order valence-electron chi connectivity index (χ0n) is 12.3.